The van der Waals surface area contributed by atoms with Gasteiger partial charge in [0.25, 0.3) is 0 Å². The maximum Gasteiger partial charge on any atom is 0.133 e. The number of Topliss-reactive ketones (excluding diaryl/α,β-unsaturated/α-hetero) is 1. The molecule has 0 amide bonds. The van der Waals surface area contributed by atoms with Gasteiger partial charge in [0.2, 0.25) is 0 Å². The maximum absolute atomic E-state index is 11.9. The third kappa shape index (κ3) is 1.68. The number of rotatable bonds is 0. The molecule has 6 atom stereocenters. The van der Waals surface area contributed by atoms with Crippen molar-refractivity contribution >= 4 is 5.78 Å². The van der Waals surface area contributed by atoms with E-state index < -0.39 is 6.10 Å². The molecule has 0 heterocycles. The van der Waals surface area contributed by atoms with Crippen molar-refractivity contribution in [1.82, 2.24) is 0 Å². The molecule has 3 saturated carbocycles. The van der Waals surface area contributed by atoms with E-state index in [1.807, 2.05) is 0 Å². The van der Waals surface area contributed by atoms with Crippen LogP contribution in [0.2, 0.25) is 0 Å². The fraction of sp³-hybridized carbons (Fsp3) is 0.750. The number of hydrogen-bond acceptors (Lipinski definition) is 2. The monoisotopic (exact) mass is 300 g/mol. The highest BCUT2D eigenvalue weighted by atomic mass is 16.3. The van der Waals surface area contributed by atoms with Gasteiger partial charge < -0.3 is 5.11 Å². The number of fused-ring (bicyclic) bond motifs is 5. The van der Waals surface area contributed by atoms with Gasteiger partial charge in [0, 0.05) is 18.3 Å². The van der Waals surface area contributed by atoms with Crippen LogP contribution in [-0.2, 0) is 4.79 Å². The van der Waals surface area contributed by atoms with Crippen molar-refractivity contribution in [1.29, 1.82) is 0 Å². The Kier molecular flexibility index (Phi) is 3.05. The van der Waals surface area contributed by atoms with E-state index >= 15 is 0 Å². The molecule has 2 heteroatoms. The number of hydrogen-bond donors (Lipinski definition) is 1. The molecule has 1 N–H and O–H groups in total. The predicted octanol–water partition coefficient (Wildman–Crippen LogP) is 4.05. The molecule has 0 unspecified atom stereocenters. The first-order chi connectivity index (χ1) is 10.4. The number of aliphatic hydroxyl groups excluding tert-OH is 1. The van der Waals surface area contributed by atoms with Gasteiger partial charge in [0.1, 0.15) is 5.78 Å². The molecule has 3 fully saturated rings. The molecule has 0 aromatic rings. The highest BCUT2D eigenvalue weighted by Crippen LogP contribution is 2.64. The summed E-state index contributed by atoms with van der Waals surface area (Å²) in [7, 11) is 0. The van der Waals surface area contributed by atoms with Crippen LogP contribution in [0.1, 0.15) is 58.8 Å². The van der Waals surface area contributed by atoms with Crippen molar-refractivity contribution in [3.05, 3.63) is 23.8 Å². The minimum atomic E-state index is -0.396. The first-order valence-electron chi connectivity index (χ1n) is 8.97. The van der Waals surface area contributed by atoms with Crippen LogP contribution in [0.5, 0.6) is 0 Å². The standard InChI is InChI=1S/C20H28O2/c1-12-4-7-16-15-6-5-13-10-14(21)8-9-19(13,2)17(15)11-18(22)20(12,16)3/h11,13,15-16,18,22H,1,4-10H2,2-3H3/t13-,15+,16+,18+,19+,20-/m1/s1. The average molecular weight is 300 g/mol. The minimum Gasteiger partial charge on any atom is -0.388 e. The van der Waals surface area contributed by atoms with Gasteiger partial charge in [-0.05, 0) is 55.3 Å². The Hall–Kier alpha value is -0.890. The van der Waals surface area contributed by atoms with Crippen LogP contribution in [0.4, 0.5) is 0 Å². The van der Waals surface area contributed by atoms with E-state index in [0.29, 0.717) is 23.5 Å². The van der Waals surface area contributed by atoms with Gasteiger partial charge in [-0.15, -0.1) is 0 Å². The van der Waals surface area contributed by atoms with Gasteiger partial charge in [-0.2, -0.15) is 0 Å². The zero-order valence-electron chi connectivity index (χ0n) is 13.9. The molecule has 22 heavy (non-hydrogen) atoms. The topological polar surface area (TPSA) is 37.3 Å². The van der Waals surface area contributed by atoms with E-state index in [2.05, 4.69) is 26.5 Å². The molecule has 0 spiro atoms. The van der Waals surface area contributed by atoms with Gasteiger partial charge in [-0.3, -0.25) is 4.79 Å². The Morgan fingerprint density at radius 2 is 2.00 bits per heavy atom. The largest absolute Gasteiger partial charge is 0.388 e. The lowest BCUT2D eigenvalue weighted by Crippen LogP contribution is -2.51. The summed E-state index contributed by atoms with van der Waals surface area (Å²) in [6.07, 6.45) is 8.86. The number of carbonyl (C=O) groups excluding carboxylic acids is 1. The van der Waals surface area contributed by atoms with Crippen LogP contribution in [0, 0.1) is 28.6 Å². The molecule has 120 valence electrons. The van der Waals surface area contributed by atoms with Crippen molar-refractivity contribution < 1.29 is 9.90 Å². The highest BCUT2D eigenvalue weighted by Gasteiger charge is 2.58. The van der Waals surface area contributed by atoms with E-state index in [4.69, 9.17) is 0 Å². The molecule has 0 saturated heterocycles. The molecule has 0 radical (unpaired) electrons. The Morgan fingerprint density at radius 3 is 2.77 bits per heavy atom. The van der Waals surface area contributed by atoms with Crippen molar-refractivity contribution in [2.45, 2.75) is 64.9 Å². The summed E-state index contributed by atoms with van der Waals surface area (Å²) in [6.45, 7) is 8.86. The second-order valence-corrected chi connectivity index (χ2v) is 8.64. The zero-order valence-corrected chi connectivity index (χ0v) is 13.9. The Morgan fingerprint density at radius 1 is 1.23 bits per heavy atom. The van der Waals surface area contributed by atoms with Crippen LogP contribution >= 0.6 is 0 Å². The van der Waals surface area contributed by atoms with Crippen molar-refractivity contribution in [3.8, 4) is 0 Å². The van der Waals surface area contributed by atoms with Gasteiger partial charge in [-0.1, -0.05) is 37.6 Å². The number of ketones is 1. The summed E-state index contributed by atoms with van der Waals surface area (Å²) in [5.74, 6) is 2.09. The van der Waals surface area contributed by atoms with Crippen molar-refractivity contribution in [2.24, 2.45) is 28.6 Å². The first kappa shape index (κ1) is 14.7. The smallest absolute Gasteiger partial charge is 0.133 e. The highest BCUT2D eigenvalue weighted by molar-refractivity contribution is 5.80. The van der Waals surface area contributed by atoms with Gasteiger partial charge >= 0.3 is 0 Å². The van der Waals surface area contributed by atoms with Crippen LogP contribution in [0.25, 0.3) is 0 Å². The maximum atomic E-state index is 11.9. The SMILES string of the molecule is C=C1CC[C@H]2[C@@H]3CC[C@@H]4CC(=O)CC[C@]4(C)C3=C[C@H](O)[C@]12C. The van der Waals surface area contributed by atoms with Gasteiger partial charge in [0.15, 0.2) is 0 Å². The predicted molar refractivity (Wildman–Crippen MR) is 87.2 cm³/mol. The molecule has 4 aliphatic carbocycles. The zero-order chi connectivity index (χ0) is 15.7. The molecule has 0 aromatic heterocycles. The summed E-state index contributed by atoms with van der Waals surface area (Å²) >= 11 is 0. The Labute approximate surface area is 133 Å². The number of carbonyl (C=O) groups is 1. The lowest BCUT2D eigenvalue weighted by Gasteiger charge is -2.56. The fourth-order valence-corrected chi connectivity index (χ4v) is 6.25. The molecule has 0 aromatic carbocycles. The van der Waals surface area contributed by atoms with Crippen molar-refractivity contribution in [3.63, 3.8) is 0 Å². The lowest BCUT2D eigenvalue weighted by molar-refractivity contribution is -0.125. The normalized spacial score (nSPS) is 51.0. The van der Waals surface area contributed by atoms with E-state index in [9.17, 15) is 9.90 Å². The summed E-state index contributed by atoms with van der Waals surface area (Å²) in [4.78, 5) is 11.9. The minimum absolute atomic E-state index is 0.123. The fourth-order valence-electron chi connectivity index (χ4n) is 6.25. The quantitative estimate of drug-likeness (QED) is 0.685. The second kappa shape index (κ2) is 4.56. The van der Waals surface area contributed by atoms with Crippen LogP contribution < -0.4 is 0 Å². The van der Waals surface area contributed by atoms with E-state index in [1.165, 1.54) is 30.4 Å². The third-order valence-electron chi connectivity index (χ3n) is 7.91. The summed E-state index contributed by atoms with van der Waals surface area (Å²) < 4.78 is 0. The second-order valence-electron chi connectivity index (χ2n) is 8.64. The molecule has 0 bridgehead atoms. The Bertz CT molecular complexity index is 574. The third-order valence-corrected chi connectivity index (χ3v) is 7.91. The summed E-state index contributed by atoms with van der Waals surface area (Å²) in [6, 6.07) is 0. The van der Waals surface area contributed by atoms with Crippen LogP contribution in [0.15, 0.2) is 23.8 Å². The molecular weight excluding hydrogens is 272 g/mol. The average Bonchev–Trinajstić information content (AvgIpc) is 2.79. The lowest BCUT2D eigenvalue weighted by atomic mass is 9.49. The molecule has 4 aliphatic rings. The molecule has 2 nitrogen and oxygen atoms in total. The first-order valence-corrected chi connectivity index (χ1v) is 8.97. The van der Waals surface area contributed by atoms with Crippen LogP contribution in [-0.4, -0.2) is 17.0 Å². The molecule has 4 rings (SSSR count). The number of aliphatic hydroxyl groups is 1. The summed E-state index contributed by atoms with van der Waals surface area (Å²) in [5.41, 5.74) is 2.75. The molecular formula is C20H28O2. The summed E-state index contributed by atoms with van der Waals surface area (Å²) in [5, 5.41) is 10.9. The van der Waals surface area contributed by atoms with E-state index in [0.717, 1.165) is 25.7 Å². The van der Waals surface area contributed by atoms with Gasteiger partial charge in [-0.25, -0.2) is 0 Å². The van der Waals surface area contributed by atoms with E-state index in [1.54, 1.807) is 0 Å². The Balaban J connectivity index is 1.77. The van der Waals surface area contributed by atoms with Crippen LogP contribution in [0.3, 0.4) is 0 Å². The van der Waals surface area contributed by atoms with Gasteiger partial charge in [0.05, 0.1) is 6.10 Å². The number of allylic oxidation sites excluding steroid dienone is 1. The molecule has 0 aliphatic heterocycles. The van der Waals surface area contributed by atoms with E-state index in [-0.39, 0.29) is 10.8 Å². The van der Waals surface area contributed by atoms with Crippen molar-refractivity contribution in [2.75, 3.05) is 0 Å².